The van der Waals surface area contributed by atoms with Crippen LogP contribution >= 0.6 is 0 Å². The van der Waals surface area contributed by atoms with Crippen molar-refractivity contribution in [3.05, 3.63) is 24.2 Å². The van der Waals surface area contributed by atoms with Gasteiger partial charge in [0, 0.05) is 19.3 Å². The normalized spacial score (nSPS) is 26.5. The minimum atomic E-state index is 0.141. The second-order valence-corrected chi connectivity index (χ2v) is 6.14. The lowest BCUT2D eigenvalue weighted by atomic mass is 10.1. The van der Waals surface area contributed by atoms with Crippen molar-refractivity contribution in [1.82, 2.24) is 19.9 Å². The third-order valence-electron chi connectivity index (χ3n) is 4.60. The van der Waals surface area contributed by atoms with Crippen LogP contribution in [0.2, 0.25) is 0 Å². The van der Waals surface area contributed by atoms with E-state index in [9.17, 15) is 0 Å². The molecule has 2 saturated heterocycles. The number of hydrogen-bond donors (Lipinski definition) is 1. The van der Waals surface area contributed by atoms with Gasteiger partial charge in [-0.15, -0.1) is 0 Å². The van der Waals surface area contributed by atoms with E-state index in [4.69, 9.17) is 9.72 Å². The number of imidazole rings is 1. The van der Waals surface area contributed by atoms with Crippen LogP contribution in [0.5, 0.6) is 0 Å². The van der Waals surface area contributed by atoms with Crippen LogP contribution in [0.25, 0.3) is 11.2 Å². The van der Waals surface area contributed by atoms with Crippen molar-refractivity contribution < 1.29 is 4.74 Å². The Hall–Kier alpha value is -1.46. The fourth-order valence-corrected chi connectivity index (χ4v) is 3.47. The summed E-state index contributed by atoms with van der Waals surface area (Å²) in [6, 6.07) is 4.01. The van der Waals surface area contributed by atoms with E-state index in [2.05, 4.69) is 20.9 Å². The van der Waals surface area contributed by atoms with Crippen LogP contribution in [0, 0.1) is 5.92 Å². The van der Waals surface area contributed by atoms with Gasteiger partial charge in [-0.1, -0.05) is 0 Å². The zero-order valence-electron chi connectivity index (χ0n) is 12.3. The molecular formula is C16H22N4O. The van der Waals surface area contributed by atoms with Crippen LogP contribution in [0.4, 0.5) is 0 Å². The Balaban J connectivity index is 1.72. The molecule has 0 amide bonds. The standard InChI is InChI=1S/C16H22N4O/c1-2-9-21-14(5-1)16-19-13-4-3-7-18-15(13)20(16)11-12-6-8-17-10-12/h3-4,7,12,14,17H,1-2,5-6,8-11H2. The van der Waals surface area contributed by atoms with Crippen molar-refractivity contribution in [3.63, 3.8) is 0 Å². The second kappa shape index (κ2) is 5.73. The number of fused-ring (bicyclic) bond motifs is 1. The molecule has 0 aliphatic carbocycles. The number of nitrogens with zero attached hydrogens (tertiary/aromatic N) is 3. The Kier molecular flexibility index (Phi) is 3.61. The molecule has 4 rings (SSSR count). The predicted octanol–water partition coefficient (Wildman–Crippen LogP) is 2.28. The zero-order valence-corrected chi connectivity index (χ0v) is 12.3. The molecule has 4 heterocycles. The molecule has 2 aromatic heterocycles. The molecule has 1 N–H and O–H groups in total. The van der Waals surface area contributed by atoms with Gasteiger partial charge in [0.2, 0.25) is 0 Å². The highest BCUT2D eigenvalue weighted by molar-refractivity contribution is 5.71. The van der Waals surface area contributed by atoms with E-state index in [0.717, 1.165) is 49.7 Å². The maximum Gasteiger partial charge on any atom is 0.160 e. The summed E-state index contributed by atoms with van der Waals surface area (Å²) in [6.07, 6.45) is 6.71. The molecular weight excluding hydrogens is 264 g/mol. The Labute approximate surface area is 124 Å². The third kappa shape index (κ3) is 2.56. The van der Waals surface area contributed by atoms with Gasteiger partial charge < -0.3 is 14.6 Å². The highest BCUT2D eigenvalue weighted by atomic mass is 16.5. The van der Waals surface area contributed by atoms with Gasteiger partial charge in [-0.05, 0) is 56.8 Å². The van der Waals surface area contributed by atoms with Crippen LogP contribution in [-0.2, 0) is 11.3 Å². The predicted molar refractivity (Wildman–Crippen MR) is 81.0 cm³/mol. The van der Waals surface area contributed by atoms with Crippen molar-refractivity contribution in [2.45, 2.75) is 38.3 Å². The van der Waals surface area contributed by atoms with Gasteiger partial charge in [0.05, 0.1) is 0 Å². The fraction of sp³-hybridized carbons (Fsp3) is 0.625. The summed E-state index contributed by atoms with van der Waals surface area (Å²) in [5.41, 5.74) is 2.00. The Morgan fingerprint density at radius 3 is 3.14 bits per heavy atom. The zero-order chi connectivity index (χ0) is 14.1. The average molecular weight is 286 g/mol. The topological polar surface area (TPSA) is 52.0 Å². The summed E-state index contributed by atoms with van der Waals surface area (Å²) < 4.78 is 8.28. The Bertz CT molecular complexity index is 612. The number of rotatable bonds is 3. The molecule has 0 radical (unpaired) electrons. The molecule has 2 aromatic rings. The first-order valence-electron chi connectivity index (χ1n) is 8.05. The Morgan fingerprint density at radius 2 is 2.33 bits per heavy atom. The monoisotopic (exact) mass is 286 g/mol. The molecule has 2 unspecified atom stereocenters. The maximum atomic E-state index is 5.97. The largest absolute Gasteiger partial charge is 0.370 e. The van der Waals surface area contributed by atoms with Crippen LogP contribution in [0.15, 0.2) is 18.3 Å². The second-order valence-electron chi connectivity index (χ2n) is 6.14. The van der Waals surface area contributed by atoms with E-state index in [1.807, 2.05) is 12.3 Å². The molecule has 112 valence electrons. The number of hydrogen-bond acceptors (Lipinski definition) is 4. The van der Waals surface area contributed by atoms with Gasteiger partial charge in [0.1, 0.15) is 17.4 Å². The van der Waals surface area contributed by atoms with Crippen molar-refractivity contribution in [2.75, 3.05) is 19.7 Å². The van der Waals surface area contributed by atoms with Crippen molar-refractivity contribution in [1.29, 1.82) is 0 Å². The number of nitrogens with one attached hydrogen (secondary N) is 1. The van der Waals surface area contributed by atoms with Crippen LogP contribution in [-0.4, -0.2) is 34.2 Å². The molecule has 2 fully saturated rings. The van der Waals surface area contributed by atoms with Gasteiger partial charge in [0.25, 0.3) is 0 Å². The summed E-state index contributed by atoms with van der Waals surface area (Å²) in [4.78, 5) is 9.40. The minimum Gasteiger partial charge on any atom is -0.370 e. The molecule has 21 heavy (non-hydrogen) atoms. The first-order valence-corrected chi connectivity index (χ1v) is 8.05. The lowest BCUT2D eigenvalue weighted by Gasteiger charge is -2.23. The molecule has 2 aliphatic rings. The summed E-state index contributed by atoms with van der Waals surface area (Å²) >= 11 is 0. The number of aromatic nitrogens is 3. The first kappa shape index (κ1) is 13.2. The average Bonchev–Trinajstić information content (AvgIpc) is 3.17. The number of ether oxygens (including phenoxy) is 1. The van der Waals surface area contributed by atoms with Gasteiger partial charge in [-0.25, -0.2) is 9.97 Å². The first-order chi connectivity index (χ1) is 10.4. The molecule has 0 aromatic carbocycles. The Morgan fingerprint density at radius 1 is 1.33 bits per heavy atom. The summed E-state index contributed by atoms with van der Waals surface area (Å²) in [5.74, 6) is 1.75. The van der Waals surface area contributed by atoms with Gasteiger partial charge >= 0.3 is 0 Å². The highest BCUT2D eigenvalue weighted by Gasteiger charge is 2.25. The lowest BCUT2D eigenvalue weighted by molar-refractivity contribution is 0.00728. The van der Waals surface area contributed by atoms with E-state index in [1.54, 1.807) is 0 Å². The smallest absolute Gasteiger partial charge is 0.160 e. The van der Waals surface area contributed by atoms with Crippen molar-refractivity contribution in [2.24, 2.45) is 5.92 Å². The summed E-state index contributed by atoms with van der Waals surface area (Å²) in [7, 11) is 0. The summed E-state index contributed by atoms with van der Waals surface area (Å²) in [5, 5.41) is 3.45. The highest BCUT2D eigenvalue weighted by Crippen LogP contribution is 2.30. The maximum absolute atomic E-state index is 5.97. The molecule has 2 atom stereocenters. The van der Waals surface area contributed by atoms with E-state index in [1.165, 1.54) is 19.3 Å². The minimum absolute atomic E-state index is 0.141. The molecule has 0 spiro atoms. The van der Waals surface area contributed by atoms with E-state index in [-0.39, 0.29) is 6.10 Å². The molecule has 5 nitrogen and oxygen atoms in total. The van der Waals surface area contributed by atoms with E-state index < -0.39 is 0 Å². The number of pyridine rings is 1. The molecule has 0 bridgehead atoms. The van der Waals surface area contributed by atoms with Crippen LogP contribution in [0.3, 0.4) is 0 Å². The fourth-order valence-electron chi connectivity index (χ4n) is 3.47. The molecule has 0 saturated carbocycles. The van der Waals surface area contributed by atoms with Crippen molar-refractivity contribution >= 4 is 11.2 Å². The van der Waals surface area contributed by atoms with Gasteiger partial charge in [0.15, 0.2) is 5.65 Å². The SMILES string of the molecule is c1cnc2c(c1)nc(C1CCCCO1)n2CC1CCNC1. The van der Waals surface area contributed by atoms with Gasteiger partial charge in [-0.2, -0.15) is 0 Å². The molecule has 2 aliphatic heterocycles. The lowest BCUT2D eigenvalue weighted by Crippen LogP contribution is -2.20. The van der Waals surface area contributed by atoms with E-state index in [0.29, 0.717) is 5.92 Å². The van der Waals surface area contributed by atoms with Crippen molar-refractivity contribution in [3.8, 4) is 0 Å². The molecule has 5 heteroatoms. The van der Waals surface area contributed by atoms with Crippen LogP contribution < -0.4 is 5.32 Å². The van der Waals surface area contributed by atoms with Gasteiger partial charge in [-0.3, -0.25) is 0 Å². The third-order valence-corrected chi connectivity index (χ3v) is 4.60. The van der Waals surface area contributed by atoms with E-state index >= 15 is 0 Å². The quantitative estimate of drug-likeness (QED) is 0.940. The van der Waals surface area contributed by atoms with Crippen LogP contribution in [0.1, 0.15) is 37.6 Å². The summed E-state index contributed by atoms with van der Waals surface area (Å²) in [6.45, 7) is 4.07.